The molecule has 0 aromatic carbocycles. The van der Waals surface area contributed by atoms with Gasteiger partial charge in [0.15, 0.2) is 5.66 Å². The number of nitrogens with one attached hydrogen (secondary N) is 1. The van der Waals surface area contributed by atoms with E-state index >= 15 is 0 Å². The molecule has 2 heterocycles. The number of carbonyl (C=O) groups is 3. The average molecular weight is 308 g/mol. The molecule has 0 fully saturated rings. The topological polar surface area (TPSA) is 110 Å². The maximum absolute atomic E-state index is 11.8. The Morgan fingerprint density at radius 3 is 2.90 bits per heavy atom. The number of amides is 1. The van der Waals surface area contributed by atoms with E-state index in [2.05, 4.69) is 25.5 Å². The number of rotatable bonds is 7. The van der Waals surface area contributed by atoms with Crippen molar-refractivity contribution in [2.24, 2.45) is 15.4 Å². The third-order valence-corrected chi connectivity index (χ3v) is 3.73. The second kappa shape index (κ2) is 6.35. The van der Waals surface area contributed by atoms with Crippen LogP contribution in [0.15, 0.2) is 27.6 Å². The minimum absolute atomic E-state index is 0.145. The summed E-state index contributed by atoms with van der Waals surface area (Å²) in [4.78, 5) is 34.8. The Morgan fingerprint density at radius 1 is 1.48 bits per heavy atom. The van der Waals surface area contributed by atoms with Gasteiger partial charge in [-0.05, 0) is 24.3 Å². The quantitative estimate of drug-likeness (QED) is 0.349. The first-order valence-corrected chi connectivity index (χ1v) is 6.90. The number of ketones is 1. The van der Waals surface area contributed by atoms with E-state index in [1.165, 1.54) is 12.3 Å². The molecule has 1 aromatic heterocycles. The van der Waals surface area contributed by atoms with Gasteiger partial charge >= 0.3 is 5.97 Å². The minimum Gasteiger partial charge on any atom is -0.460 e. The Kier molecular flexibility index (Phi) is 4.53. The molecule has 8 nitrogen and oxygen atoms in total. The second-order valence-electron chi connectivity index (χ2n) is 4.11. The number of esters is 1. The minimum atomic E-state index is -1.03. The van der Waals surface area contributed by atoms with Crippen LogP contribution < -0.4 is 5.32 Å². The van der Waals surface area contributed by atoms with Crippen molar-refractivity contribution in [2.75, 3.05) is 6.61 Å². The second-order valence-corrected chi connectivity index (χ2v) is 5.28. The summed E-state index contributed by atoms with van der Waals surface area (Å²) in [6.45, 7) is 1.77. The van der Waals surface area contributed by atoms with E-state index in [1.54, 1.807) is 13.0 Å². The summed E-state index contributed by atoms with van der Waals surface area (Å²) in [6.07, 6.45) is 2.21. The fourth-order valence-electron chi connectivity index (χ4n) is 1.71. The Balaban J connectivity index is 2.11. The van der Waals surface area contributed by atoms with Gasteiger partial charge in [0.05, 0.1) is 17.7 Å². The highest BCUT2D eigenvalue weighted by molar-refractivity contribution is 7.14. The number of nitrogens with zero attached hydrogens (tertiary/aromatic N) is 3. The molecular weight excluding hydrogens is 296 g/mol. The predicted molar refractivity (Wildman–Crippen MR) is 74.3 cm³/mol. The summed E-state index contributed by atoms with van der Waals surface area (Å²) in [6, 6.07) is 3.23. The highest BCUT2D eigenvalue weighted by Gasteiger charge is 2.32. The Hall–Kier alpha value is -2.42. The molecule has 1 N–H and O–H groups in total. The summed E-state index contributed by atoms with van der Waals surface area (Å²) >= 11 is 1.14. The van der Waals surface area contributed by atoms with E-state index in [0.29, 0.717) is 12.8 Å². The molecule has 0 radical (unpaired) electrons. The Bertz CT molecular complexity index is 611. The summed E-state index contributed by atoms with van der Waals surface area (Å²) in [7, 11) is 0. The number of thiophene rings is 1. The summed E-state index contributed by atoms with van der Waals surface area (Å²) in [5.41, 5.74) is -1.03. The van der Waals surface area contributed by atoms with Crippen LogP contribution in [-0.4, -0.2) is 36.6 Å². The SMILES string of the molecule is CCOC(=O)C(=O)c1ccc(CC2(NC=O)C=NN=N2)s1. The van der Waals surface area contributed by atoms with E-state index in [4.69, 9.17) is 0 Å². The molecule has 1 unspecified atom stereocenters. The molecule has 1 aliphatic heterocycles. The van der Waals surface area contributed by atoms with E-state index in [0.717, 1.165) is 16.2 Å². The molecule has 21 heavy (non-hydrogen) atoms. The van der Waals surface area contributed by atoms with Crippen LogP contribution in [-0.2, 0) is 20.7 Å². The summed E-state index contributed by atoms with van der Waals surface area (Å²) in [5.74, 6) is -1.57. The van der Waals surface area contributed by atoms with Crippen molar-refractivity contribution in [2.45, 2.75) is 19.0 Å². The molecule has 1 aromatic rings. The number of hydrogen-bond donors (Lipinski definition) is 1. The molecule has 0 saturated carbocycles. The Labute approximate surface area is 123 Å². The number of hydrogen-bond acceptors (Lipinski definition) is 8. The average Bonchev–Trinajstić information content (AvgIpc) is 3.09. The van der Waals surface area contributed by atoms with E-state index in [9.17, 15) is 14.4 Å². The Morgan fingerprint density at radius 2 is 2.29 bits per heavy atom. The molecule has 9 heteroatoms. The van der Waals surface area contributed by atoms with Crippen molar-refractivity contribution in [3.63, 3.8) is 0 Å². The van der Waals surface area contributed by atoms with Crippen LogP contribution in [0.3, 0.4) is 0 Å². The lowest BCUT2D eigenvalue weighted by Gasteiger charge is -2.18. The maximum Gasteiger partial charge on any atom is 0.380 e. The summed E-state index contributed by atoms with van der Waals surface area (Å²) < 4.78 is 4.66. The number of Topliss-reactive ketones (excluding diaryl/α,β-unsaturated/α-hetero) is 1. The van der Waals surface area contributed by atoms with Gasteiger partial charge < -0.3 is 10.1 Å². The predicted octanol–water partition coefficient (Wildman–Crippen LogP) is 0.930. The van der Waals surface area contributed by atoms with Gasteiger partial charge in [0.1, 0.15) is 0 Å². The first-order chi connectivity index (χ1) is 10.1. The van der Waals surface area contributed by atoms with Crippen molar-refractivity contribution >= 4 is 35.7 Å². The van der Waals surface area contributed by atoms with Crippen LogP contribution in [0.4, 0.5) is 0 Å². The van der Waals surface area contributed by atoms with Crippen LogP contribution in [0.1, 0.15) is 21.5 Å². The first kappa shape index (κ1) is 15.0. The van der Waals surface area contributed by atoms with Gasteiger partial charge in [-0.25, -0.2) is 4.79 Å². The van der Waals surface area contributed by atoms with E-state index in [1.807, 2.05) is 0 Å². The number of carbonyl (C=O) groups excluding carboxylic acids is 3. The summed E-state index contributed by atoms with van der Waals surface area (Å²) in [5, 5.41) is 13.5. The van der Waals surface area contributed by atoms with E-state index < -0.39 is 17.4 Å². The molecule has 110 valence electrons. The van der Waals surface area contributed by atoms with Crippen LogP contribution in [0.2, 0.25) is 0 Å². The van der Waals surface area contributed by atoms with E-state index in [-0.39, 0.29) is 11.5 Å². The van der Waals surface area contributed by atoms with Crippen molar-refractivity contribution in [1.82, 2.24) is 5.32 Å². The third kappa shape index (κ3) is 3.37. The molecule has 2 rings (SSSR count). The van der Waals surface area contributed by atoms with Gasteiger partial charge in [-0.2, -0.15) is 0 Å². The lowest BCUT2D eigenvalue weighted by atomic mass is 10.1. The van der Waals surface area contributed by atoms with Crippen molar-refractivity contribution in [3.05, 3.63) is 21.9 Å². The van der Waals surface area contributed by atoms with Crippen LogP contribution in [0.5, 0.6) is 0 Å². The third-order valence-electron chi connectivity index (χ3n) is 2.64. The fraction of sp³-hybridized carbons (Fsp3) is 0.333. The molecule has 0 aliphatic carbocycles. The maximum atomic E-state index is 11.8. The smallest absolute Gasteiger partial charge is 0.380 e. The molecule has 1 atom stereocenters. The highest BCUT2D eigenvalue weighted by Crippen LogP contribution is 2.24. The zero-order valence-electron chi connectivity index (χ0n) is 11.1. The molecule has 0 saturated heterocycles. The van der Waals surface area contributed by atoms with Gasteiger partial charge in [-0.3, -0.25) is 9.59 Å². The van der Waals surface area contributed by atoms with Gasteiger partial charge in [0, 0.05) is 11.3 Å². The van der Waals surface area contributed by atoms with Crippen LogP contribution in [0, 0.1) is 0 Å². The van der Waals surface area contributed by atoms with Crippen molar-refractivity contribution < 1.29 is 19.1 Å². The van der Waals surface area contributed by atoms with Gasteiger partial charge in [-0.1, -0.05) is 0 Å². The lowest BCUT2D eigenvalue weighted by Crippen LogP contribution is -2.44. The molecule has 0 bridgehead atoms. The molecule has 1 aliphatic rings. The van der Waals surface area contributed by atoms with Gasteiger partial charge in [-0.15, -0.1) is 21.6 Å². The largest absolute Gasteiger partial charge is 0.460 e. The molecule has 1 amide bonds. The van der Waals surface area contributed by atoms with Crippen molar-refractivity contribution in [3.8, 4) is 0 Å². The van der Waals surface area contributed by atoms with Gasteiger partial charge in [0.25, 0.3) is 5.78 Å². The molecule has 0 spiro atoms. The lowest BCUT2D eigenvalue weighted by molar-refractivity contribution is -0.137. The first-order valence-electron chi connectivity index (χ1n) is 6.08. The standard InChI is InChI=1S/C12H12N4O4S/c1-2-20-11(19)10(18)9-4-3-8(21-9)5-12(13-7-17)6-14-16-15-12/h3-4,6-7H,2,5H2,1H3,(H,13,17). The zero-order chi connectivity index (χ0) is 15.3. The molecular formula is C12H12N4O4S. The zero-order valence-corrected chi connectivity index (χ0v) is 11.9. The van der Waals surface area contributed by atoms with Gasteiger partial charge in [0.2, 0.25) is 6.41 Å². The fourth-order valence-corrected chi connectivity index (χ4v) is 2.73. The van der Waals surface area contributed by atoms with Crippen LogP contribution >= 0.6 is 11.3 Å². The monoisotopic (exact) mass is 308 g/mol. The van der Waals surface area contributed by atoms with Crippen molar-refractivity contribution in [1.29, 1.82) is 0 Å². The number of ether oxygens (including phenoxy) is 1. The highest BCUT2D eigenvalue weighted by atomic mass is 32.1. The normalized spacial score (nSPS) is 19.5. The van der Waals surface area contributed by atoms with Crippen LogP contribution in [0.25, 0.3) is 0 Å².